The Morgan fingerprint density at radius 2 is 2.08 bits per heavy atom. The Balaban J connectivity index is 1.91. The molecular formula is C16H27N7O2. The number of nitrogens with zero attached hydrogens (tertiary/aromatic N) is 5. The van der Waals surface area contributed by atoms with Crippen LogP contribution in [0.3, 0.4) is 0 Å². The van der Waals surface area contributed by atoms with Gasteiger partial charge in [-0.25, -0.2) is 0 Å². The highest BCUT2D eigenvalue weighted by Crippen LogP contribution is 2.15. The van der Waals surface area contributed by atoms with E-state index >= 15 is 0 Å². The van der Waals surface area contributed by atoms with Crippen LogP contribution < -0.4 is 15.5 Å². The SMILES string of the molecule is CN=C(NCC(=O)NC(C)(C)C)N1CCN(c2cnn(C)c2)C(=O)C1. The largest absolute Gasteiger partial charge is 0.350 e. The second-order valence-electron chi connectivity index (χ2n) is 7.04. The molecule has 0 saturated carbocycles. The second kappa shape index (κ2) is 7.54. The maximum absolute atomic E-state index is 12.4. The fourth-order valence-corrected chi connectivity index (χ4v) is 2.63. The summed E-state index contributed by atoms with van der Waals surface area (Å²) in [6.07, 6.45) is 3.49. The molecule has 1 aromatic heterocycles. The molecule has 0 bridgehead atoms. The highest BCUT2D eigenvalue weighted by atomic mass is 16.2. The quantitative estimate of drug-likeness (QED) is 0.570. The minimum Gasteiger partial charge on any atom is -0.350 e. The van der Waals surface area contributed by atoms with Gasteiger partial charge in [-0.2, -0.15) is 5.10 Å². The number of aliphatic imine (C=N–C) groups is 1. The zero-order valence-corrected chi connectivity index (χ0v) is 15.5. The number of hydrogen-bond acceptors (Lipinski definition) is 4. The number of aromatic nitrogens is 2. The van der Waals surface area contributed by atoms with Crippen LogP contribution in [-0.2, 0) is 16.6 Å². The predicted octanol–water partition coefficient (Wildman–Crippen LogP) is -0.441. The van der Waals surface area contributed by atoms with Crippen LogP contribution >= 0.6 is 0 Å². The lowest BCUT2D eigenvalue weighted by molar-refractivity contribution is -0.121. The molecule has 25 heavy (non-hydrogen) atoms. The number of anilines is 1. The molecule has 0 aliphatic carbocycles. The van der Waals surface area contributed by atoms with Crippen molar-refractivity contribution in [1.82, 2.24) is 25.3 Å². The van der Waals surface area contributed by atoms with Gasteiger partial charge in [0.1, 0.15) is 6.54 Å². The normalized spacial score (nSPS) is 16.2. The van der Waals surface area contributed by atoms with Crippen LogP contribution in [0.25, 0.3) is 0 Å². The molecule has 1 fully saturated rings. The Morgan fingerprint density at radius 3 is 2.60 bits per heavy atom. The number of guanidine groups is 1. The molecule has 0 radical (unpaired) electrons. The van der Waals surface area contributed by atoms with E-state index in [1.54, 1.807) is 22.8 Å². The fraction of sp³-hybridized carbons (Fsp3) is 0.625. The zero-order valence-electron chi connectivity index (χ0n) is 15.5. The number of rotatable bonds is 3. The van der Waals surface area contributed by atoms with Gasteiger partial charge in [-0.15, -0.1) is 0 Å². The van der Waals surface area contributed by atoms with Crippen LogP contribution in [0.4, 0.5) is 5.69 Å². The number of piperazine rings is 1. The summed E-state index contributed by atoms with van der Waals surface area (Å²) < 4.78 is 1.67. The van der Waals surface area contributed by atoms with Crippen molar-refractivity contribution < 1.29 is 9.59 Å². The third-order valence-electron chi connectivity index (χ3n) is 3.66. The van der Waals surface area contributed by atoms with Gasteiger partial charge in [0.15, 0.2) is 5.96 Å². The molecule has 138 valence electrons. The first-order valence-corrected chi connectivity index (χ1v) is 8.25. The Morgan fingerprint density at radius 1 is 1.36 bits per heavy atom. The number of hydrogen-bond donors (Lipinski definition) is 2. The van der Waals surface area contributed by atoms with Crippen LogP contribution in [0.2, 0.25) is 0 Å². The van der Waals surface area contributed by atoms with Gasteiger partial charge in [-0.05, 0) is 20.8 Å². The van der Waals surface area contributed by atoms with Crippen LogP contribution in [0.5, 0.6) is 0 Å². The second-order valence-corrected chi connectivity index (χ2v) is 7.04. The number of carbonyl (C=O) groups excluding carboxylic acids is 2. The molecule has 1 aromatic rings. The molecule has 2 amide bonds. The minimum absolute atomic E-state index is 0.0265. The summed E-state index contributed by atoms with van der Waals surface area (Å²) in [6.45, 7) is 7.26. The van der Waals surface area contributed by atoms with Crippen molar-refractivity contribution in [3.05, 3.63) is 12.4 Å². The smallest absolute Gasteiger partial charge is 0.246 e. The molecule has 2 rings (SSSR count). The lowest BCUT2D eigenvalue weighted by atomic mass is 10.1. The molecule has 9 heteroatoms. The van der Waals surface area contributed by atoms with Crippen LogP contribution in [0, 0.1) is 0 Å². The van der Waals surface area contributed by atoms with E-state index in [2.05, 4.69) is 20.7 Å². The summed E-state index contributed by atoms with van der Waals surface area (Å²) in [5, 5.41) is 10.0. The van der Waals surface area contributed by atoms with Gasteiger partial charge in [0.05, 0.1) is 18.4 Å². The molecule has 0 atom stereocenters. The van der Waals surface area contributed by atoms with Gasteiger partial charge >= 0.3 is 0 Å². The zero-order chi connectivity index (χ0) is 18.6. The maximum atomic E-state index is 12.4. The lowest BCUT2D eigenvalue weighted by Gasteiger charge is -2.35. The first-order chi connectivity index (χ1) is 11.7. The molecule has 9 nitrogen and oxygen atoms in total. The molecule has 2 N–H and O–H groups in total. The van der Waals surface area contributed by atoms with Crippen molar-refractivity contribution in [3.8, 4) is 0 Å². The van der Waals surface area contributed by atoms with Crippen molar-refractivity contribution >= 4 is 23.5 Å². The summed E-state index contributed by atoms with van der Waals surface area (Å²) in [5.74, 6) is 0.401. The third-order valence-corrected chi connectivity index (χ3v) is 3.66. The molecule has 0 aromatic carbocycles. The number of amides is 2. The van der Waals surface area contributed by atoms with E-state index in [0.29, 0.717) is 19.0 Å². The summed E-state index contributed by atoms with van der Waals surface area (Å²) in [6, 6.07) is 0. The van der Waals surface area contributed by atoms with Crippen molar-refractivity contribution in [2.75, 3.05) is 38.1 Å². The van der Waals surface area contributed by atoms with E-state index in [4.69, 9.17) is 0 Å². The van der Waals surface area contributed by atoms with Gasteiger partial charge in [-0.1, -0.05) is 0 Å². The van der Waals surface area contributed by atoms with Crippen LogP contribution in [-0.4, -0.2) is 71.2 Å². The first kappa shape index (κ1) is 18.8. The highest BCUT2D eigenvalue weighted by Gasteiger charge is 2.28. The van der Waals surface area contributed by atoms with E-state index in [0.717, 1.165) is 5.69 Å². The highest BCUT2D eigenvalue weighted by molar-refractivity contribution is 5.98. The molecule has 1 saturated heterocycles. The van der Waals surface area contributed by atoms with Gasteiger partial charge < -0.3 is 20.4 Å². The Bertz CT molecular complexity index is 660. The summed E-state index contributed by atoms with van der Waals surface area (Å²) >= 11 is 0. The predicted molar refractivity (Wildman–Crippen MR) is 96.4 cm³/mol. The van der Waals surface area contributed by atoms with Gasteiger partial charge in [-0.3, -0.25) is 19.3 Å². The van der Waals surface area contributed by atoms with E-state index in [-0.39, 0.29) is 30.4 Å². The lowest BCUT2D eigenvalue weighted by Crippen LogP contribution is -2.56. The van der Waals surface area contributed by atoms with Crippen LogP contribution in [0.15, 0.2) is 17.4 Å². The van der Waals surface area contributed by atoms with Gasteiger partial charge in [0, 0.05) is 38.9 Å². The maximum Gasteiger partial charge on any atom is 0.246 e. The summed E-state index contributed by atoms with van der Waals surface area (Å²) in [5.41, 5.74) is 0.507. The van der Waals surface area contributed by atoms with Crippen molar-refractivity contribution in [3.63, 3.8) is 0 Å². The number of nitrogens with one attached hydrogen (secondary N) is 2. The third kappa shape index (κ3) is 5.20. The van der Waals surface area contributed by atoms with E-state index < -0.39 is 0 Å². The van der Waals surface area contributed by atoms with Gasteiger partial charge in [0.25, 0.3) is 0 Å². The summed E-state index contributed by atoms with van der Waals surface area (Å²) in [7, 11) is 3.46. The Labute approximate surface area is 148 Å². The van der Waals surface area contributed by atoms with E-state index in [1.807, 2.05) is 38.9 Å². The van der Waals surface area contributed by atoms with Crippen molar-refractivity contribution in [1.29, 1.82) is 0 Å². The van der Waals surface area contributed by atoms with Gasteiger partial charge in [0.2, 0.25) is 11.8 Å². The Kier molecular flexibility index (Phi) is 5.66. The number of carbonyl (C=O) groups is 2. The minimum atomic E-state index is -0.284. The molecule has 1 aliphatic rings. The van der Waals surface area contributed by atoms with Crippen molar-refractivity contribution in [2.45, 2.75) is 26.3 Å². The average molecular weight is 349 g/mol. The van der Waals surface area contributed by atoms with E-state index in [1.165, 1.54) is 0 Å². The molecule has 0 spiro atoms. The monoisotopic (exact) mass is 349 g/mol. The van der Waals surface area contributed by atoms with E-state index in [9.17, 15) is 9.59 Å². The molecule has 2 heterocycles. The first-order valence-electron chi connectivity index (χ1n) is 8.25. The molecule has 0 unspecified atom stereocenters. The van der Waals surface area contributed by atoms with Crippen molar-refractivity contribution in [2.24, 2.45) is 12.0 Å². The topological polar surface area (TPSA) is 94.9 Å². The molecular weight excluding hydrogens is 322 g/mol. The van der Waals surface area contributed by atoms with Crippen LogP contribution in [0.1, 0.15) is 20.8 Å². The standard InChI is InChI=1S/C16H27N7O2/c1-16(2,3)20-13(24)9-18-15(17-4)22-6-7-23(14(25)11-22)12-8-19-21(5)10-12/h8,10H,6-7,9,11H2,1-5H3,(H,17,18)(H,20,24). The average Bonchev–Trinajstić information content (AvgIpc) is 2.92. The summed E-state index contributed by atoms with van der Waals surface area (Å²) in [4.78, 5) is 32.1. The fourth-order valence-electron chi connectivity index (χ4n) is 2.63. The Hall–Kier alpha value is -2.58. The number of aryl methyl sites for hydroxylation is 1. The molecule has 1 aliphatic heterocycles.